The molecule has 0 aliphatic carbocycles. The Balaban J connectivity index is 2.63. The van der Waals surface area contributed by atoms with Gasteiger partial charge in [0.2, 0.25) is 20.0 Å². The highest BCUT2D eigenvalue weighted by Gasteiger charge is 2.43. The number of nitrogens with two attached hydrogens (primary N) is 1. The fourth-order valence-corrected chi connectivity index (χ4v) is 8.37. The predicted molar refractivity (Wildman–Crippen MR) is 101 cm³/mol. The Morgan fingerprint density at radius 2 is 2.00 bits per heavy atom. The van der Waals surface area contributed by atoms with Gasteiger partial charge < -0.3 is 4.74 Å². The summed E-state index contributed by atoms with van der Waals surface area (Å²) < 4.78 is 80.5. The SMILES string of the molecule is CCN([C@H]1CN(CCCOC)S(=O)(=O)c2sc(S(N)(=O)=O)cc21)S(C)(=O)=O. The van der Waals surface area contributed by atoms with Crippen LogP contribution in [0, 0.1) is 0 Å². The number of ether oxygens (including phenoxy) is 1. The number of sulfonamides is 3. The minimum Gasteiger partial charge on any atom is -0.385 e. The van der Waals surface area contributed by atoms with Gasteiger partial charge in [0.05, 0.1) is 12.3 Å². The molecule has 0 spiro atoms. The molecule has 0 bridgehead atoms. The maximum Gasteiger partial charge on any atom is 0.253 e. The summed E-state index contributed by atoms with van der Waals surface area (Å²) in [4.78, 5) is 0. The lowest BCUT2D eigenvalue weighted by Crippen LogP contribution is -2.46. The van der Waals surface area contributed by atoms with Gasteiger partial charge in [-0.05, 0) is 12.5 Å². The van der Waals surface area contributed by atoms with Crippen molar-refractivity contribution >= 4 is 41.4 Å². The summed E-state index contributed by atoms with van der Waals surface area (Å²) >= 11 is 0.539. The predicted octanol–water partition coefficient (Wildman–Crippen LogP) is -0.241. The second-order valence-electron chi connectivity index (χ2n) is 6.04. The average molecular weight is 462 g/mol. The molecule has 2 N–H and O–H groups in total. The molecule has 1 aromatic rings. The van der Waals surface area contributed by atoms with Crippen LogP contribution < -0.4 is 5.14 Å². The first kappa shape index (κ1) is 22.7. The largest absolute Gasteiger partial charge is 0.385 e. The molecule has 2 rings (SSSR count). The van der Waals surface area contributed by atoms with Gasteiger partial charge in [-0.1, -0.05) is 6.92 Å². The van der Waals surface area contributed by atoms with Gasteiger partial charge in [-0.15, -0.1) is 11.3 Å². The summed E-state index contributed by atoms with van der Waals surface area (Å²) in [7, 11) is -10.3. The molecule has 1 aliphatic heterocycles. The number of fused-ring (bicyclic) bond motifs is 1. The number of primary sulfonamides is 1. The van der Waals surface area contributed by atoms with Gasteiger partial charge >= 0.3 is 0 Å². The van der Waals surface area contributed by atoms with Crippen molar-refractivity contribution < 1.29 is 30.0 Å². The maximum absolute atomic E-state index is 12.9. The van der Waals surface area contributed by atoms with Crippen LogP contribution in [0.2, 0.25) is 0 Å². The molecule has 0 saturated heterocycles. The summed E-state index contributed by atoms with van der Waals surface area (Å²) in [5.74, 6) is 0. The van der Waals surface area contributed by atoms with Crippen LogP contribution in [0.1, 0.15) is 24.9 Å². The van der Waals surface area contributed by atoms with Crippen molar-refractivity contribution in [2.24, 2.45) is 5.14 Å². The standard InChI is InChI=1S/C13H23N3O7S4/c1-4-16(25(3,17)18)11-9-15(6-5-7-23-2)27(21,22)13-10(11)8-12(24-13)26(14,19)20/h8,11H,4-7,9H2,1-3H3,(H2,14,19,20)/t11-/m0/s1. The third-order valence-electron chi connectivity index (χ3n) is 4.13. The lowest BCUT2D eigenvalue weighted by molar-refractivity contribution is 0.181. The molecule has 1 atom stereocenters. The molecule has 156 valence electrons. The van der Waals surface area contributed by atoms with Gasteiger partial charge in [-0.25, -0.2) is 30.4 Å². The second kappa shape index (κ2) is 8.02. The summed E-state index contributed by atoms with van der Waals surface area (Å²) in [6, 6.07) is 0.329. The minimum absolute atomic E-state index is 0.107. The smallest absolute Gasteiger partial charge is 0.253 e. The Morgan fingerprint density at radius 1 is 1.37 bits per heavy atom. The Bertz CT molecular complexity index is 999. The van der Waals surface area contributed by atoms with E-state index in [2.05, 4.69) is 0 Å². The first-order valence-electron chi connectivity index (χ1n) is 7.96. The average Bonchev–Trinajstić information content (AvgIpc) is 2.97. The highest BCUT2D eigenvalue weighted by molar-refractivity contribution is 7.94. The van der Waals surface area contributed by atoms with Crippen LogP contribution >= 0.6 is 11.3 Å². The van der Waals surface area contributed by atoms with Gasteiger partial charge in [0.25, 0.3) is 10.0 Å². The van der Waals surface area contributed by atoms with Crippen LogP contribution in [-0.4, -0.2) is 73.5 Å². The van der Waals surface area contributed by atoms with Crippen molar-refractivity contribution in [1.29, 1.82) is 0 Å². The Labute approximate surface area is 164 Å². The van der Waals surface area contributed by atoms with Crippen molar-refractivity contribution in [3.63, 3.8) is 0 Å². The van der Waals surface area contributed by atoms with Crippen molar-refractivity contribution in [2.75, 3.05) is 39.6 Å². The maximum atomic E-state index is 12.9. The Hall–Kier alpha value is -0.610. The fourth-order valence-electron chi connectivity index (χ4n) is 2.98. The molecular formula is C13H23N3O7S4. The summed E-state index contributed by atoms with van der Waals surface area (Å²) in [5.41, 5.74) is 0.138. The van der Waals surface area contributed by atoms with E-state index < -0.39 is 36.1 Å². The van der Waals surface area contributed by atoms with Gasteiger partial charge in [0.15, 0.2) is 0 Å². The van der Waals surface area contributed by atoms with E-state index in [9.17, 15) is 25.3 Å². The third-order valence-corrected chi connectivity index (χ3v) is 10.5. The molecule has 0 radical (unpaired) electrons. The lowest BCUT2D eigenvalue weighted by atomic mass is 10.1. The number of likely N-dealkylation sites (N-methyl/N-ethyl adjacent to an activating group) is 1. The van der Waals surface area contributed by atoms with Crippen molar-refractivity contribution in [2.45, 2.75) is 27.8 Å². The van der Waals surface area contributed by atoms with Gasteiger partial charge in [-0.3, -0.25) is 0 Å². The molecule has 2 heterocycles. The first-order chi connectivity index (χ1) is 12.3. The molecule has 10 nitrogen and oxygen atoms in total. The van der Waals surface area contributed by atoms with E-state index in [1.807, 2.05) is 0 Å². The van der Waals surface area contributed by atoms with Crippen molar-refractivity contribution in [1.82, 2.24) is 8.61 Å². The van der Waals surface area contributed by atoms with E-state index in [4.69, 9.17) is 9.88 Å². The number of hydrogen-bond acceptors (Lipinski definition) is 8. The van der Waals surface area contributed by atoms with E-state index >= 15 is 0 Å². The van der Waals surface area contributed by atoms with Gasteiger partial charge in [0.1, 0.15) is 8.42 Å². The van der Waals surface area contributed by atoms with E-state index in [0.29, 0.717) is 24.4 Å². The van der Waals surface area contributed by atoms with Crippen LogP contribution in [-0.2, 0) is 34.8 Å². The summed E-state index contributed by atoms with van der Waals surface area (Å²) in [6.07, 6.45) is 1.44. The highest BCUT2D eigenvalue weighted by Crippen LogP contribution is 2.42. The molecule has 27 heavy (non-hydrogen) atoms. The van der Waals surface area contributed by atoms with E-state index in [1.165, 1.54) is 7.11 Å². The topological polar surface area (TPSA) is 144 Å². The summed E-state index contributed by atoms with van der Waals surface area (Å²) in [5, 5.41) is 5.16. The number of nitrogens with zero attached hydrogens (tertiary/aromatic N) is 2. The van der Waals surface area contributed by atoms with Gasteiger partial charge in [-0.2, -0.15) is 8.61 Å². The van der Waals surface area contributed by atoms with E-state index in [0.717, 1.165) is 20.9 Å². The first-order valence-corrected chi connectivity index (χ1v) is 13.6. The van der Waals surface area contributed by atoms with E-state index in [-0.39, 0.29) is 33.6 Å². The molecule has 1 aromatic heterocycles. The summed E-state index contributed by atoms with van der Waals surface area (Å²) in [6.45, 7) is 2.08. The molecule has 0 aromatic carbocycles. The zero-order chi connectivity index (χ0) is 20.6. The minimum atomic E-state index is -4.13. The van der Waals surface area contributed by atoms with Crippen molar-refractivity contribution in [3.05, 3.63) is 11.6 Å². The van der Waals surface area contributed by atoms with Crippen LogP contribution in [0.4, 0.5) is 0 Å². The molecule has 1 aliphatic rings. The molecule has 0 saturated carbocycles. The molecule has 0 fully saturated rings. The zero-order valence-corrected chi connectivity index (χ0v) is 18.4. The molecule has 0 amide bonds. The van der Waals surface area contributed by atoms with Crippen LogP contribution in [0.15, 0.2) is 14.5 Å². The number of methoxy groups -OCH3 is 1. The number of hydrogen-bond donors (Lipinski definition) is 1. The normalized spacial score (nSPS) is 20.7. The lowest BCUT2D eigenvalue weighted by Gasteiger charge is -2.37. The van der Waals surface area contributed by atoms with Crippen LogP contribution in [0.25, 0.3) is 0 Å². The zero-order valence-electron chi connectivity index (χ0n) is 15.2. The van der Waals surface area contributed by atoms with E-state index in [1.54, 1.807) is 6.92 Å². The third kappa shape index (κ3) is 4.70. The quantitative estimate of drug-likeness (QED) is 0.526. The molecule has 14 heteroatoms. The monoisotopic (exact) mass is 461 g/mol. The number of thiophene rings is 1. The number of rotatable bonds is 8. The van der Waals surface area contributed by atoms with Crippen LogP contribution in [0.3, 0.4) is 0 Å². The Morgan fingerprint density at radius 3 is 2.48 bits per heavy atom. The second-order valence-corrected chi connectivity index (χ2v) is 13.0. The molecule has 0 unspecified atom stereocenters. The van der Waals surface area contributed by atoms with Crippen LogP contribution in [0.5, 0.6) is 0 Å². The van der Waals surface area contributed by atoms with Gasteiger partial charge in [0, 0.05) is 38.9 Å². The Kier molecular flexibility index (Phi) is 6.74. The highest BCUT2D eigenvalue weighted by atomic mass is 32.3. The molecular weight excluding hydrogens is 438 g/mol. The van der Waals surface area contributed by atoms with Crippen molar-refractivity contribution in [3.8, 4) is 0 Å². The fraction of sp³-hybridized carbons (Fsp3) is 0.692.